The SMILES string of the molecule is C=C1CCCc2cc(NC(C)=O)c(C)cc21. The molecule has 0 heterocycles. The highest BCUT2D eigenvalue weighted by atomic mass is 16.1. The van der Waals surface area contributed by atoms with Crippen molar-refractivity contribution in [2.45, 2.75) is 33.1 Å². The topological polar surface area (TPSA) is 29.1 Å². The van der Waals surface area contributed by atoms with E-state index in [0.29, 0.717) is 0 Å². The summed E-state index contributed by atoms with van der Waals surface area (Å²) in [6.07, 6.45) is 3.33. The van der Waals surface area contributed by atoms with Crippen LogP contribution < -0.4 is 5.32 Å². The van der Waals surface area contributed by atoms with Crippen molar-refractivity contribution in [1.82, 2.24) is 0 Å². The molecule has 1 aliphatic rings. The molecular weight excluding hydrogens is 198 g/mol. The Morgan fingerprint density at radius 3 is 2.81 bits per heavy atom. The van der Waals surface area contributed by atoms with E-state index in [9.17, 15) is 4.79 Å². The first kappa shape index (κ1) is 10.9. The first-order valence-corrected chi connectivity index (χ1v) is 5.67. The van der Waals surface area contributed by atoms with Crippen molar-refractivity contribution in [3.8, 4) is 0 Å². The number of amides is 1. The zero-order valence-electron chi connectivity index (χ0n) is 9.89. The van der Waals surface area contributed by atoms with Gasteiger partial charge in [0.25, 0.3) is 0 Å². The van der Waals surface area contributed by atoms with E-state index in [4.69, 9.17) is 0 Å². The molecule has 16 heavy (non-hydrogen) atoms. The van der Waals surface area contributed by atoms with Crippen molar-refractivity contribution < 1.29 is 4.79 Å². The molecule has 0 radical (unpaired) electrons. The predicted octanol–water partition coefficient (Wildman–Crippen LogP) is 3.30. The van der Waals surface area contributed by atoms with Crippen LogP contribution in [0.15, 0.2) is 18.7 Å². The van der Waals surface area contributed by atoms with Gasteiger partial charge in [-0.1, -0.05) is 6.58 Å². The Morgan fingerprint density at radius 2 is 2.12 bits per heavy atom. The Hall–Kier alpha value is -1.57. The van der Waals surface area contributed by atoms with E-state index in [0.717, 1.165) is 30.5 Å². The number of fused-ring (bicyclic) bond motifs is 1. The van der Waals surface area contributed by atoms with Gasteiger partial charge in [0, 0.05) is 12.6 Å². The van der Waals surface area contributed by atoms with Crippen molar-refractivity contribution in [3.63, 3.8) is 0 Å². The molecule has 1 aliphatic carbocycles. The van der Waals surface area contributed by atoms with Gasteiger partial charge in [-0.2, -0.15) is 0 Å². The molecule has 2 rings (SSSR count). The van der Waals surface area contributed by atoms with E-state index < -0.39 is 0 Å². The van der Waals surface area contributed by atoms with Gasteiger partial charge in [0.1, 0.15) is 0 Å². The van der Waals surface area contributed by atoms with Gasteiger partial charge in [-0.25, -0.2) is 0 Å². The fraction of sp³-hybridized carbons (Fsp3) is 0.357. The Balaban J connectivity index is 2.44. The van der Waals surface area contributed by atoms with Gasteiger partial charge in [0.2, 0.25) is 5.91 Å². The van der Waals surface area contributed by atoms with Crippen LogP contribution in [0.4, 0.5) is 5.69 Å². The third kappa shape index (κ3) is 2.01. The van der Waals surface area contributed by atoms with Crippen LogP contribution in [0.2, 0.25) is 0 Å². The highest BCUT2D eigenvalue weighted by Crippen LogP contribution is 2.33. The second-order valence-electron chi connectivity index (χ2n) is 4.46. The minimum Gasteiger partial charge on any atom is -0.326 e. The first-order chi connectivity index (χ1) is 7.58. The average Bonchev–Trinajstić information content (AvgIpc) is 2.20. The van der Waals surface area contributed by atoms with E-state index in [1.54, 1.807) is 0 Å². The van der Waals surface area contributed by atoms with E-state index >= 15 is 0 Å². The maximum absolute atomic E-state index is 11.1. The quantitative estimate of drug-likeness (QED) is 0.765. The lowest BCUT2D eigenvalue weighted by molar-refractivity contribution is -0.114. The van der Waals surface area contributed by atoms with Crippen LogP contribution in [0.1, 0.15) is 36.5 Å². The van der Waals surface area contributed by atoms with Crippen molar-refractivity contribution in [2.24, 2.45) is 0 Å². The Morgan fingerprint density at radius 1 is 1.38 bits per heavy atom. The number of nitrogens with one attached hydrogen (secondary N) is 1. The van der Waals surface area contributed by atoms with Crippen molar-refractivity contribution in [2.75, 3.05) is 5.32 Å². The summed E-state index contributed by atoms with van der Waals surface area (Å²) in [5.74, 6) is -0.0160. The second-order valence-corrected chi connectivity index (χ2v) is 4.46. The fourth-order valence-electron chi connectivity index (χ4n) is 2.24. The Bertz CT molecular complexity index is 460. The number of allylic oxidation sites excluding steroid dienone is 1. The molecule has 0 atom stereocenters. The van der Waals surface area contributed by atoms with Crippen LogP contribution in [0, 0.1) is 6.92 Å². The van der Waals surface area contributed by atoms with Gasteiger partial charge in [-0.05, 0) is 60.6 Å². The Labute approximate surface area is 96.4 Å². The van der Waals surface area contributed by atoms with Crippen molar-refractivity contribution >= 4 is 17.2 Å². The van der Waals surface area contributed by atoms with Crippen molar-refractivity contribution in [3.05, 3.63) is 35.4 Å². The minimum absolute atomic E-state index is 0.0160. The number of rotatable bonds is 1. The fourth-order valence-corrected chi connectivity index (χ4v) is 2.24. The van der Waals surface area contributed by atoms with Gasteiger partial charge >= 0.3 is 0 Å². The van der Waals surface area contributed by atoms with Gasteiger partial charge in [0.15, 0.2) is 0 Å². The zero-order chi connectivity index (χ0) is 11.7. The Kier molecular flexibility index (Phi) is 2.82. The normalized spacial score (nSPS) is 14.5. The van der Waals surface area contributed by atoms with Crippen LogP contribution in [0.3, 0.4) is 0 Å². The lowest BCUT2D eigenvalue weighted by Gasteiger charge is -2.20. The maximum atomic E-state index is 11.1. The molecule has 0 saturated carbocycles. The highest BCUT2D eigenvalue weighted by molar-refractivity contribution is 5.90. The monoisotopic (exact) mass is 215 g/mol. The summed E-state index contributed by atoms with van der Waals surface area (Å²) < 4.78 is 0. The van der Waals surface area contributed by atoms with Crippen LogP contribution in [-0.2, 0) is 11.2 Å². The second kappa shape index (κ2) is 4.12. The average molecular weight is 215 g/mol. The molecule has 1 aromatic carbocycles. The lowest BCUT2D eigenvalue weighted by atomic mass is 9.86. The molecule has 0 saturated heterocycles. The number of hydrogen-bond acceptors (Lipinski definition) is 1. The van der Waals surface area contributed by atoms with Gasteiger partial charge in [0.05, 0.1) is 0 Å². The highest BCUT2D eigenvalue weighted by Gasteiger charge is 2.14. The smallest absolute Gasteiger partial charge is 0.221 e. The summed E-state index contributed by atoms with van der Waals surface area (Å²) in [7, 11) is 0. The molecule has 84 valence electrons. The largest absolute Gasteiger partial charge is 0.326 e. The van der Waals surface area contributed by atoms with E-state index in [2.05, 4.69) is 24.0 Å². The van der Waals surface area contributed by atoms with Crippen molar-refractivity contribution in [1.29, 1.82) is 0 Å². The molecule has 2 heteroatoms. The van der Waals surface area contributed by atoms with Crippen LogP contribution >= 0.6 is 0 Å². The molecule has 0 fully saturated rings. The molecule has 2 nitrogen and oxygen atoms in total. The summed E-state index contributed by atoms with van der Waals surface area (Å²) in [6.45, 7) is 7.66. The number of benzene rings is 1. The number of hydrogen-bond donors (Lipinski definition) is 1. The maximum Gasteiger partial charge on any atom is 0.221 e. The molecule has 0 aromatic heterocycles. The molecule has 0 unspecified atom stereocenters. The summed E-state index contributed by atoms with van der Waals surface area (Å²) in [5, 5.41) is 2.87. The van der Waals surface area contributed by atoms with Crippen LogP contribution in [0.25, 0.3) is 5.57 Å². The van der Waals surface area contributed by atoms with Crippen LogP contribution in [-0.4, -0.2) is 5.91 Å². The summed E-state index contributed by atoms with van der Waals surface area (Å²) in [4.78, 5) is 11.1. The predicted molar refractivity (Wildman–Crippen MR) is 67.5 cm³/mol. The van der Waals surface area contributed by atoms with E-state index in [1.165, 1.54) is 23.6 Å². The molecule has 1 aromatic rings. The molecule has 0 aliphatic heterocycles. The molecule has 0 spiro atoms. The van der Waals surface area contributed by atoms with E-state index in [1.807, 2.05) is 6.92 Å². The van der Waals surface area contributed by atoms with Crippen LogP contribution in [0.5, 0.6) is 0 Å². The van der Waals surface area contributed by atoms with Gasteiger partial charge in [-0.15, -0.1) is 0 Å². The third-order valence-electron chi connectivity index (χ3n) is 3.07. The summed E-state index contributed by atoms with van der Waals surface area (Å²) in [6, 6.07) is 4.23. The zero-order valence-corrected chi connectivity index (χ0v) is 9.89. The van der Waals surface area contributed by atoms with Gasteiger partial charge in [-0.3, -0.25) is 4.79 Å². The number of carbonyl (C=O) groups excluding carboxylic acids is 1. The standard InChI is InChI=1S/C14H17NO/c1-9-5-4-6-12-8-14(15-11(3)16)10(2)7-13(9)12/h7-8H,1,4-6H2,2-3H3,(H,15,16). The molecule has 1 amide bonds. The van der Waals surface area contributed by atoms with Gasteiger partial charge < -0.3 is 5.32 Å². The lowest BCUT2D eigenvalue weighted by Crippen LogP contribution is -2.10. The minimum atomic E-state index is -0.0160. The van der Waals surface area contributed by atoms with E-state index in [-0.39, 0.29) is 5.91 Å². The summed E-state index contributed by atoms with van der Waals surface area (Å²) >= 11 is 0. The number of aryl methyl sites for hydroxylation is 2. The molecular formula is C14H17NO. The summed E-state index contributed by atoms with van der Waals surface area (Å²) in [5.41, 5.74) is 5.85. The first-order valence-electron chi connectivity index (χ1n) is 5.67. The molecule has 0 bridgehead atoms. The number of anilines is 1. The molecule has 1 N–H and O–H groups in total. The number of carbonyl (C=O) groups is 1. The third-order valence-corrected chi connectivity index (χ3v) is 3.07.